The van der Waals surface area contributed by atoms with Gasteiger partial charge in [-0.25, -0.2) is 4.68 Å². The summed E-state index contributed by atoms with van der Waals surface area (Å²) in [5, 5.41) is 8.66. The van der Waals surface area contributed by atoms with Crippen LogP contribution in [0.15, 0.2) is 48.8 Å². The maximum Gasteiger partial charge on any atom is 0.0877 e. The molecule has 0 amide bonds. The summed E-state index contributed by atoms with van der Waals surface area (Å²) in [5.41, 5.74) is 2.10. The van der Waals surface area contributed by atoms with E-state index in [-0.39, 0.29) is 0 Å². The van der Waals surface area contributed by atoms with Crippen LogP contribution >= 0.6 is 11.6 Å². The largest absolute Gasteiger partial charge is 0.383 e. The number of benzene rings is 1. The van der Waals surface area contributed by atoms with Crippen LogP contribution in [0, 0.1) is 17.8 Å². The van der Waals surface area contributed by atoms with Gasteiger partial charge in [0.1, 0.15) is 0 Å². The van der Waals surface area contributed by atoms with Crippen LogP contribution in [0.1, 0.15) is 12.8 Å². The summed E-state index contributed by atoms with van der Waals surface area (Å²) < 4.78 is 1.87. The molecule has 1 aromatic heterocycles. The van der Waals surface area contributed by atoms with Gasteiger partial charge in [0.15, 0.2) is 0 Å². The number of fused-ring (bicyclic) bond motifs is 2. The zero-order valence-electron chi connectivity index (χ0n) is 11.7. The van der Waals surface area contributed by atoms with Crippen molar-refractivity contribution in [1.29, 1.82) is 0 Å². The Balaban J connectivity index is 1.54. The highest BCUT2D eigenvalue weighted by molar-refractivity contribution is 6.31. The third-order valence-corrected chi connectivity index (χ3v) is 4.92. The summed E-state index contributed by atoms with van der Waals surface area (Å²) in [5.74, 6) is 2.31. The van der Waals surface area contributed by atoms with Gasteiger partial charge in [-0.3, -0.25) is 0 Å². The van der Waals surface area contributed by atoms with Crippen molar-refractivity contribution in [2.45, 2.75) is 12.8 Å². The molecule has 1 heterocycles. The van der Waals surface area contributed by atoms with Crippen molar-refractivity contribution in [3.63, 3.8) is 0 Å². The number of hydrogen-bond acceptors (Lipinski definition) is 2. The lowest BCUT2D eigenvalue weighted by Gasteiger charge is -2.20. The molecular weight excluding hydrogens is 282 g/mol. The first-order chi connectivity index (χ1) is 10.3. The molecule has 1 aromatic carbocycles. The van der Waals surface area contributed by atoms with Crippen LogP contribution in [0.3, 0.4) is 0 Å². The van der Waals surface area contributed by atoms with E-state index in [1.165, 1.54) is 12.8 Å². The van der Waals surface area contributed by atoms with Crippen LogP contribution in [-0.2, 0) is 0 Å². The zero-order chi connectivity index (χ0) is 14.2. The lowest BCUT2D eigenvalue weighted by molar-refractivity contribution is 0.472. The highest BCUT2D eigenvalue weighted by Crippen LogP contribution is 2.43. The Hall–Kier alpha value is -1.74. The fourth-order valence-electron chi connectivity index (χ4n) is 3.63. The Morgan fingerprint density at radius 2 is 2.24 bits per heavy atom. The number of nitrogens with zero attached hydrogens (tertiary/aromatic N) is 2. The Labute approximate surface area is 129 Å². The van der Waals surface area contributed by atoms with E-state index in [1.807, 2.05) is 35.1 Å². The molecule has 1 saturated carbocycles. The second-order valence-electron chi connectivity index (χ2n) is 6.03. The van der Waals surface area contributed by atoms with Gasteiger partial charge in [-0.2, -0.15) is 5.10 Å². The Bertz CT molecular complexity index is 663. The minimum Gasteiger partial charge on any atom is -0.383 e. The second-order valence-corrected chi connectivity index (χ2v) is 6.47. The summed E-state index contributed by atoms with van der Waals surface area (Å²) in [6, 6.07) is 7.84. The highest BCUT2D eigenvalue weighted by Gasteiger charge is 2.35. The van der Waals surface area contributed by atoms with Gasteiger partial charge in [-0.1, -0.05) is 23.8 Å². The molecule has 2 aromatic rings. The molecule has 4 heteroatoms. The van der Waals surface area contributed by atoms with E-state index in [0.717, 1.165) is 40.7 Å². The fourth-order valence-corrected chi connectivity index (χ4v) is 3.80. The summed E-state index contributed by atoms with van der Waals surface area (Å²) in [7, 11) is 0. The highest BCUT2D eigenvalue weighted by atomic mass is 35.5. The third-order valence-electron chi connectivity index (χ3n) is 4.68. The van der Waals surface area contributed by atoms with Gasteiger partial charge in [-0.15, -0.1) is 0 Å². The van der Waals surface area contributed by atoms with E-state index >= 15 is 0 Å². The van der Waals surface area contributed by atoms with Crippen molar-refractivity contribution >= 4 is 17.3 Å². The van der Waals surface area contributed by atoms with Gasteiger partial charge < -0.3 is 5.32 Å². The fraction of sp³-hybridized carbons (Fsp3) is 0.353. The van der Waals surface area contributed by atoms with Crippen molar-refractivity contribution in [3.8, 4) is 5.69 Å². The molecule has 0 spiro atoms. The predicted molar refractivity (Wildman–Crippen MR) is 85.9 cm³/mol. The van der Waals surface area contributed by atoms with E-state index in [1.54, 1.807) is 6.20 Å². The van der Waals surface area contributed by atoms with Crippen molar-refractivity contribution in [3.05, 3.63) is 53.8 Å². The van der Waals surface area contributed by atoms with Gasteiger partial charge in [-0.05, 0) is 54.9 Å². The minimum atomic E-state index is 0.740. The second kappa shape index (κ2) is 5.23. The van der Waals surface area contributed by atoms with Gasteiger partial charge in [0, 0.05) is 24.0 Å². The van der Waals surface area contributed by atoms with Crippen LogP contribution < -0.4 is 5.32 Å². The van der Waals surface area contributed by atoms with E-state index in [9.17, 15) is 0 Å². The third kappa shape index (κ3) is 2.46. The van der Waals surface area contributed by atoms with Gasteiger partial charge >= 0.3 is 0 Å². The number of halogens is 1. The molecule has 3 nitrogen and oxygen atoms in total. The van der Waals surface area contributed by atoms with E-state index < -0.39 is 0 Å². The first-order valence-electron chi connectivity index (χ1n) is 7.51. The first kappa shape index (κ1) is 13.0. The molecule has 1 N–H and O–H groups in total. The molecule has 3 unspecified atom stereocenters. The molecule has 108 valence electrons. The zero-order valence-corrected chi connectivity index (χ0v) is 12.5. The summed E-state index contributed by atoms with van der Waals surface area (Å²) in [4.78, 5) is 0. The predicted octanol–water partition coefficient (Wildman–Crippen LogP) is 4.15. The van der Waals surface area contributed by atoms with Crippen molar-refractivity contribution in [1.82, 2.24) is 9.78 Å². The van der Waals surface area contributed by atoms with Crippen LogP contribution in [0.25, 0.3) is 5.69 Å². The monoisotopic (exact) mass is 299 g/mol. The molecule has 1 fully saturated rings. The smallest absolute Gasteiger partial charge is 0.0877 e. The van der Waals surface area contributed by atoms with Gasteiger partial charge in [0.2, 0.25) is 0 Å². The molecular formula is C17H18ClN3. The van der Waals surface area contributed by atoms with E-state index in [0.29, 0.717) is 0 Å². The molecule has 2 aliphatic carbocycles. The Morgan fingerprint density at radius 3 is 2.95 bits per heavy atom. The standard InChI is InChI=1S/C17H18ClN3/c18-15-4-5-17(21-7-1-6-20-21)16(10-15)19-11-14-9-12-2-3-13(14)8-12/h1-7,10,12-14,19H,8-9,11H2. The summed E-state index contributed by atoms with van der Waals surface area (Å²) in [6.45, 7) is 1.00. The molecule has 0 radical (unpaired) electrons. The maximum absolute atomic E-state index is 6.16. The topological polar surface area (TPSA) is 29.9 Å². The van der Waals surface area contributed by atoms with Gasteiger partial charge in [0.25, 0.3) is 0 Å². The first-order valence-corrected chi connectivity index (χ1v) is 7.89. The van der Waals surface area contributed by atoms with E-state index in [2.05, 4.69) is 22.6 Å². The van der Waals surface area contributed by atoms with Crippen molar-refractivity contribution in [2.24, 2.45) is 17.8 Å². The summed E-state index contributed by atoms with van der Waals surface area (Å²) in [6.07, 6.45) is 11.2. The lowest BCUT2D eigenvalue weighted by Crippen LogP contribution is -2.19. The van der Waals surface area contributed by atoms with E-state index in [4.69, 9.17) is 11.6 Å². The number of anilines is 1. The van der Waals surface area contributed by atoms with Crippen molar-refractivity contribution in [2.75, 3.05) is 11.9 Å². The Morgan fingerprint density at radius 1 is 1.29 bits per heavy atom. The minimum absolute atomic E-state index is 0.740. The maximum atomic E-state index is 6.16. The SMILES string of the molecule is Clc1ccc(-n2cccn2)c(NCC2CC3C=CC2C3)c1. The van der Waals surface area contributed by atoms with Crippen molar-refractivity contribution < 1.29 is 0 Å². The Kier molecular flexibility index (Phi) is 3.23. The van der Waals surface area contributed by atoms with Gasteiger partial charge in [0.05, 0.1) is 11.4 Å². The van der Waals surface area contributed by atoms with Crippen LogP contribution in [-0.4, -0.2) is 16.3 Å². The van der Waals surface area contributed by atoms with Crippen LogP contribution in [0.5, 0.6) is 0 Å². The lowest BCUT2D eigenvalue weighted by atomic mass is 9.93. The molecule has 4 rings (SSSR count). The van der Waals surface area contributed by atoms with Crippen LogP contribution in [0.2, 0.25) is 5.02 Å². The summed E-state index contributed by atoms with van der Waals surface area (Å²) >= 11 is 6.16. The molecule has 21 heavy (non-hydrogen) atoms. The number of allylic oxidation sites excluding steroid dienone is 2. The average molecular weight is 300 g/mol. The molecule has 0 saturated heterocycles. The van der Waals surface area contributed by atoms with Crippen LogP contribution in [0.4, 0.5) is 5.69 Å². The quantitative estimate of drug-likeness (QED) is 0.860. The number of nitrogens with one attached hydrogen (secondary N) is 1. The normalized spacial score (nSPS) is 26.4. The average Bonchev–Trinajstić information content (AvgIpc) is 3.22. The molecule has 0 aliphatic heterocycles. The number of hydrogen-bond donors (Lipinski definition) is 1. The molecule has 2 aliphatic rings. The number of rotatable bonds is 4. The molecule has 2 bridgehead atoms. The number of aromatic nitrogens is 2. The molecule has 3 atom stereocenters.